The minimum atomic E-state index is -0.705. The molecule has 0 fully saturated rings. The van der Waals surface area contributed by atoms with E-state index in [2.05, 4.69) is 10.3 Å². The normalized spacial score (nSPS) is 10.6. The molecule has 1 amide bonds. The Morgan fingerprint density at radius 2 is 1.83 bits per heavy atom. The van der Waals surface area contributed by atoms with Crippen LogP contribution >= 0.6 is 34.8 Å². The second-order valence-corrected chi connectivity index (χ2v) is 5.75. The lowest BCUT2D eigenvalue weighted by Gasteiger charge is -2.10. The lowest BCUT2D eigenvalue weighted by Crippen LogP contribution is -2.17. The molecule has 23 heavy (non-hydrogen) atoms. The molecule has 116 valence electrons. The van der Waals surface area contributed by atoms with Gasteiger partial charge in [-0.1, -0.05) is 40.9 Å². The number of hydrogen-bond donors (Lipinski definition) is 1. The van der Waals surface area contributed by atoms with Gasteiger partial charge < -0.3 is 4.74 Å². The minimum Gasteiger partial charge on any atom is -0.408 e. The molecule has 0 saturated heterocycles. The van der Waals surface area contributed by atoms with E-state index in [1.165, 1.54) is 0 Å². The number of ether oxygens (including phenoxy) is 1. The fraction of sp³-hybridized carbons (Fsp3) is 0. The predicted molar refractivity (Wildman–Crippen MR) is 92.9 cm³/mol. The number of carbonyl (C=O) groups is 1. The van der Waals surface area contributed by atoms with Gasteiger partial charge in [0.25, 0.3) is 0 Å². The number of anilines is 1. The number of fused-ring (bicyclic) bond motifs is 1. The second kappa shape index (κ2) is 6.62. The Labute approximate surface area is 146 Å². The van der Waals surface area contributed by atoms with E-state index in [0.29, 0.717) is 32.4 Å². The van der Waals surface area contributed by atoms with E-state index in [1.807, 2.05) is 0 Å². The van der Waals surface area contributed by atoms with Crippen molar-refractivity contribution < 1.29 is 9.53 Å². The third kappa shape index (κ3) is 3.34. The van der Waals surface area contributed by atoms with Crippen molar-refractivity contribution in [1.29, 1.82) is 0 Å². The van der Waals surface area contributed by atoms with Gasteiger partial charge in [0.1, 0.15) is 5.52 Å². The smallest absolute Gasteiger partial charge is 0.408 e. The third-order valence-corrected chi connectivity index (χ3v) is 4.22. The first-order chi connectivity index (χ1) is 11.1. The maximum absolute atomic E-state index is 12.1. The van der Waals surface area contributed by atoms with Crippen molar-refractivity contribution in [2.75, 3.05) is 5.32 Å². The molecule has 0 bridgehead atoms. The molecule has 3 aromatic rings. The molecule has 0 aliphatic rings. The standard InChI is InChI=1S/C16H9Cl3N2O2/c17-10-6-7-13(15-9(10)3-2-8-20-15)23-16(22)21-12-5-1-4-11(18)14(12)19/h1-8H,(H,21,22). The van der Waals surface area contributed by atoms with Crippen LogP contribution in [0.5, 0.6) is 5.75 Å². The molecule has 0 unspecified atom stereocenters. The quantitative estimate of drug-likeness (QED) is 0.622. The Morgan fingerprint density at radius 1 is 1.00 bits per heavy atom. The SMILES string of the molecule is O=C(Nc1cccc(Cl)c1Cl)Oc1ccc(Cl)c2cccnc12. The van der Waals surface area contributed by atoms with Crippen LogP contribution in [-0.2, 0) is 0 Å². The molecule has 0 aliphatic heterocycles. The van der Waals surface area contributed by atoms with Crippen LogP contribution in [0.3, 0.4) is 0 Å². The molecular formula is C16H9Cl3N2O2. The molecular weight excluding hydrogens is 359 g/mol. The van der Waals surface area contributed by atoms with Gasteiger partial charge >= 0.3 is 6.09 Å². The lowest BCUT2D eigenvalue weighted by molar-refractivity contribution is 0.215. The fourth-order valence-corrected chi connectivity index (χ4v) is 2.59. The highest BCUT2D eigenvalue weighted by molar-refractivity contribution is 6.44. The Bertz CT molecular complexity index is 900. The van der Waals surface area contributed by atoms with Gasteiger partial charge in [-0.2, -0.15) is 0 Å². The van der Waals surface area contributed by atoms with Gasteiger partial charge in [0.05, 0.1) is 20.8 Å². The molecule has 0 saturated carbocycles. The Balaban J connectivity index is 1.86. The molecule has 2 aromatic carbocycles. The lowest BCUT2D eigenvalue weighted by atomic mass is 10.2. The number of carbonyl (C=O) groups excluding carboxylic acids is 1. The number of hydrogen-bond acceptors (Lipinski definition) is 3. The van der Waals surface area contributed by atoms with Crippen molar-refractivity contribution in [3.63, 3.8) is 0 Å². The molecule has 0 atom stereocenters. The van der Waals surface area contributed by atoms with Crippen LogP contribution in [-0.4, -0.2) is 11.1 Å². The minimum absolute atomic E-state index is 0.241. The Kier molecular flexibility index (Phi) is 4.57. The topological polar surface area (TPSA) is 51.2 Å². The maximum atomic E-state index is 12.1. The summed E-state index contributed by atoms with van der Waals surface area (Å²) in [6, 6.07) is 11.7. The summed E-state index contributed by atoms with van der Waals surface area (Å²) >= 11 is 18.0. The highest BCUT2D eigenvalue weighted by atomic mass is 35.5. The highest BCUT2D eigenvalue weighted by Gasteiger charge is 2.13. The van der Waals surface area contributed by atoms with E-state index in [4.69, 9.17) is 39.5 Å². The van der Waals surface area contributed by atoms with Gasteiger partial charge in [0.2, 0.25) is 0 Å². The van der Waals surface area contributed by atoms with Crippen LogP contribution in [0.4, 0.5) is 10.5 Å². The number of benzene rings is 2. The number of aromatic nitrogens is 1. The summed E-state index contributed by atoms with van der Waals surface area (Å²) in [7, 11) is 0. The molecule has 1 N–H and O–H groups in total. The first-order valence-corrected chi connectivity index (χ1v) is 7.66. The monoisotopic (exact) mass is 366 g/mol. The predicted octanol–water partition coefficient (Wildman–Crippen LogP) is 5.81. The fourth-order valence-electron chi connectivity index (χ4n) is 2.03. The number of halogens is 3. The van der Waals surface area contributed by atoms with Crippen molar-refractivity contribution in [2.45, 2.75) is 0 Å². The van der Waals surface area contributed by atoms with Gasteiger partial charge in [-0.15, -0.1) is 0 Å². The van der Waals surface area contributed by atoms with Crippen LogP contribution < -0.4 is 10.1 Å². The second-order valence-electron chi connectivity index (χ2n) is 4.56. The summed E-state index contributed by atoms with van der Waals surface area (Å²) in [5.74, 6) is 0.292. The van der Waals surface area contributed by atoms with Crippen LogP contribution in [0.25, 0.3) is 10.9 Å². The van der Waals surface area contributed by atoms with Gasteiger partial charge in [-0.3, -0.25) is 10.3 Å². The van der Waals surface area contributed by atoms with E-state index < -0.39 is 6.09 Å². The van der Waals surface area contributed by atoms with Crippen molar-refractivity contribution in [1.82, 2.24) is 4.98 Å². The summed E-state index contributed by atoms with van der Waals surface area (Å²) in [6.07, 6.45) is 0.889. The summed E-state index contributed by atoms with van der Waals surface area (Å²) in [6.45, 7) is 0. The Morgan fingerprint density at radius 3 is 2.65 bits per heavy atom. The third-order valence-electron chi connectivity index (χ3n) is 3.07. The van der Waals surface area contributed by atoms with Crippen molar-refractivity contribution in [3.8, 4) is 5.75 Å². The average molecular weight is 368 g/mol. The van der Waals surface area contributed by atoms with Gasteiger partial charge in [-0.05, 0) is 36.4 Å². The van der Waals surface area contributed by atoms with Crippen LogP contribution in [0.2, 0.25) is 15.1 Å². The molecule has 3 rings (SSSR count). The number of amides is 1. The summed E-state index contributed by atoms with van der Waals surface area (Å²) in [4.78, 5) is 16.3. The van der Waals surface area contributed by atoms with E-state index in [1.54, 1.807) is 48.7 Å². The first kappa shape index (κ1) is 15.9. The van der Waals surface area contributed by atoms with Gasteiger partial charge in [0.15, 0.2) is 5.75 Å². The molecule has 0 aliphatic carbocycles. The summed E-state index contributed by atoms with van der Waals surface area (Å²) < 4.78 is 5.31. The van der Waals surface area contributed by atoms with Crippen molar-refractivity contribution >= 4 is 57.5 Å². The van der Waals surface area contributed by atoms with Crippen molar-refractivity contribution in [2.24, 2.45) is 0 Å². The van der Waals surface area contributed by atoms with Crippen LogP contribution in [0, 0.1) is 0 Å². The van der Waals surface area contributed by atoms with E-state index in [-0.39, 0.29) is 5.02 Å². The first-order valence-electron chi connectivity index (χ1n) is 6.52. The summed E-state index contributed by atoms with van der Waals surface area (Å²) in [5.41, 5.74) is 0.850. The largest absolute Gasteiger partial charge is 0.417 e. The van der Waals surface area contributed by atoms with E-state index in [9.17, 15) is 4.79 Å². The molecule has 7 heteroatoms. The number of nitrogens with zero attached hydrogens (tertiary/aromatic N) is 1. The average Bonchev–Trinajstić information content (AvgIpc) is 2.55. The van der Waals surface area contributed by atoms with E-state index in [0.717, 1.165) is 0 Å². The molecule has 0 spiro atoms. The van der Waals surface area contributed by atoms with Gasteiger partial charge in [-0.25, -0.2) is 4.79 Å². The zero-order valence-electron chi connectivity index (χ0n) is 11.5. The van der Waals surface area contributed by atoms with Crippen LogP contribution in [0.1, 0.15) is 0 Å². The summed E-state index contributed by atoms with van der Waals surface area (Å²) in [5, 5.41) is 4.34. The number of rotatable bonds is 2. The molecule has 0 radical (unpaired) electrons. The molecule has 1 aromatic heterocycles. The molecule has 1 heterocycles. The number of nitrogens with one attached hydrogen (secondary N) is 1. The van der Waals surface area contributed by atoms with Gasteiger partial charge in [0, 0.05) is 11.6 Å². The van der Waals surface area contributed by atoms with Crippen molar-refractivity contribution in [3.05, 3.63) is 63.7 Å². The van der Waals surface area contributed by atoms with E-state index >= 15 is 0 Å². The zero-order chi connectivity index (χ0) is 16.4. The Hall–Kier alpha value is -2.01. The molecule has 4 nitrogen and oxygen atoms in total. The van der Waals surface area contributed by atoms with Crippen LogP contribution in [0.15, 0.2) is 48.7 Å². The number of pyridine rings is 1. The maximum Gasteiger partial charge on any atom is 0.417 e. The zero-order valence-corrected chi connectivity index (χ0v) is 13.8. The highest BCUT2D eigenvalue weighted by Crippen LogP contribution is 2.31.